The molecule has 4 rings (SSSR count). The van der Waals surface area contributed by atoms with Crippen LogP contribution in [0.2, 0.25) is 0 Å². The topological polar surface area (TPSA) is 87.7 Å². The van der Waals surface area contributed by atoms with E-state index in [1.807, 2.05) is 24.3 Å². The third-order valence-electron chi connectivity index (χ3n) is 5.59. The van der Waals surface area contributed by atoms with Gasteiger partial charge in [0.15, 0.2) is 6.10 Å². The van der Waals surface area contributed by atoms with Gasteiger partial charge in [0.05, 0.1) is 12.2 Å². The highest BCUT2D eigenvalue weighted by molar-refractivity contribution is 6.02. The van der Waals surface area contributed by atoms with Gasteiger partial charge in [-0.15, -0.1) is 0 Å². The van der Waals surface area contributed by atoms with Gasteiger partial charge in [-0.2, -0.15) is 0 Å². The monoisotopic (exact) mass is 457 g/mol. The van der Waals surface area contributed by atoms with E-state index in [1.54, 1.807) is 54.3 Å². The van der Waals surface area contributed by atoms with Crippen LogP contribution in [0.1, 0.15) is 29.3 Å². The SMILES string of the molecule is CC1Oc2ccc(NC(=O)CNC(=O)c3ccccc3)cc2N(CCCc2ccccc2)C1=O. The zero-order valence-electron chi connectivity index (χ0n) is 19.0. The molecule has 3 aromatic rings. The van der Waals surface area contributed by atoms with Crippen LogP contribution in [-0.2, 0) is 16.0 Å². The molecule has 174 valence electrons. The average molecular weight is 458 g/mol. The van der Waals surface area contributed by atoms with E-state index in [1.165, 1.54) is 5.56 Å². The number of amides is 3. The highest BCUT2D eigenvalue weighted by atomic mass is 16.5. The first-order chi connectivity index (χ1) is 16.5. The predicted molar refractivity (Wildman–Crippen MR) is 131 cm³/mol. The number of nitrogens with one attached hydrogen (secondary N) is 2. The maximum absolute atomic E-state index is 12.8. The smallest absolute Gasteiger partial charge is 0.267 e. The summed E-state index contributed by atoms with van der Waals surface area (Å²) in [6, 6.07) is 24.0. The minimum absolute atomic E-state index is 0.112. The Bertz CT molecular complexity index is 1170. The molecule has 1 heterocycles. The Morgan fingerprint density at radius 2 is 1.68 bits per heavy atom. The van der Waals surface area contributed by atoms with Crippen molar-refractivity contribution in [3.05, 3.63) is 90.0 Å². The molecular weight excluding hydrogens is 430 g/mol. The number of hydrogen-bond donors (Lipinski definition) is 2. The van der Waals surface area contributed by atoms with E-state index >= 15 is 0 Å². The zero-order valence-corrected chi connectivity index (χ0v) is 19.0. The summed E-state index contributed by atoms with van der Waals surface area (Å²) in [5.41, 5.74) is 2.86. The fraction of sp³-hybridized carbons (Fsp3) is 0.222. The van der Waals surface area contributed by atoms with Crippen molar-refractivity contribution in [2.24, 2.45) is 0 Å². The first-order valence-corrected chi connectivity index (χ1v) is 11.3. The van der Waals surface area contributed by atoms with Gasteiger partial charge in [-0.1, -0.05) is 48.5 Å². The number of hydrogen-bond acceptors (Lipinski definition) is 4. The molecule has 1 aliphatic heterocycles. The number of fused-ring (bicyclic) bond motifs is 1. The van der Waals surface area contributed by atoms with E-state index < -0.39 is 6.10 Å². The molecule has 3 amide bonds. The molecule has 7 nitrogen and oxygen atoms in total. The summed E-state index contributed by atoms with van der Waals surface area (Å²) in [7, 11) is 0. The quantitative estimate of drug-likeness (QED) is 0.539. The molecule has 7 heteroatoms. The molecule has 0 spiro atoms. The van der Waals surface area contributed by atoms with Crippen molar-refractivity contribution in [2.45, 2.75) is 25.9 Å². The second kappa shape index (κ2) is 10.7. The van der Waals surface area contributed by atoms with Gasteiger partial charge in [0.25, 0.3) is 11.8 Å². The number of nitrogens with zero attached hydrogens (tertiary/aromatic N) is 1. The summed E-state index contributed by atoms with van der Waals surface area (Å²) < 4.78 is 5.77. The van der Waals surface area contributed by atoms with Gasteiger partial charge in [0.2, 0.25) is 5.91 Å². The molecule has 0 fully saturated rings. The lowest BCUT2D eigenvalue weighted by Gasteiger charge is -2.33. The number of rotatable bonds is 8. The molecule has 34 heavy (non-hydrogen) atoms. The largest absolute Gasteiger partial charge is 0.479 e. The minimum atomic E-state index is -0.571. The Morgan fingerprint density at radius 1 is 0.971 bits per heavy atom. The molecular formula is C27H27N3O4. The van der Waals surface area contributed by atoms with Crippen molar-refractivity contribution in [1.29, 1.82) is 0 Å². The second-order valence-corrected chi connectivity index (χ2v) is 8.12. The lowest BCUT2D eigenvalue weighted by atomic mass is 10.1. The third kappa shape index (κ3) is 5.61. The van der Waals surface area contributed by atoms with Crippen molar-refractivity contribution in [3.63, 3.8) is 0 Å². The Hall–Kier alpha value is -4.13. The van der Waals surface area contributed by atoms with Crippen LogP contribution >= 0.6 is 0 Å². The Morgan fingerprint density at radius 3 is 2.41 bits per heavy atom. The number of carbonyl (C=O) groups is 3. The molecule has 0 saturated carbocycles. The van der Waals surface area contributed by atoms with E-state index in [4.69, 9.17) is 4.74 Å². The van der Waals surface area contributed by atoms with Crippen LogP contribution in [0.3, 0.4) is 0 Å². The van der Waals surface area contributed by atoms with E-state index in [9.17, 15) is 14.4 Å². The van der Waals surface area contributed by atoms with E-state index in [0.29, 0.717) is 29.2 Å². The van der Waals surface area contributed by atoms with Crippen LogP contribution in [-0.4, -0.2) is 36.9 Å². The lowest BCUT2D eigenvalue weighted by molar-refractivity contribution is -0.125. The average Bonchev–Trinajstić information content (AvgIpc) is 2.86. The standard InChI is InChI=1S/C27H27N3O4/c1-19-27(33)30(16-8-11-20-9-4-2-5-10-20)23-17-22(14-15-24(23)34-19)29-25(31)18-28-26(32)21-12-6-3-7-13-21/h2-7,9-10,12-15,17,19H,8,11,16,18H2,1H3,(H,28,32)(H,29,31). The maximum atomic E-state index is 12.8. The number of anilines is 2. The van der Waals surface area contributed by atoms with Crippen molar-refractivity contribution in [2.75, 3.05) is 23.3 Å². The zero-order chi connectivity index (χ0) is 23.9. The Kier molecular flexibility index (Phi) is 7.22. The summed E-state index contributed by atoms with van der Waals surface area (Å²) in [5, 5.41) is 5.39. The predicted octanol–water partition coefficient (Wildman–Crippen LogP) is 3.80. The molecule has 0 radical (unpaired) electrons. The van der Waals surface area contributed by atoms with Crippen LogP contribution in [0, 0.1) is 0 Å². The summed E-state index contributed by atoms with van der Waals surface area (Å²) >= 11 is 0. The number of aryl methyl sites for hydroxylation is 1. The number of carbonyl (C=O) groups excluding carboxylic acids is 3. The fourth-order valence-corrected chi connectivity index (χ4v) is 3.86. The second-order valence-electron chi connectivity index (χ2n) is 8.12. The van der Waals surface area contributed by atoms with E-state index in [-0.39, 0.29) is 24.3 Å². The number of ether oxygens (including phenoxy) is 1. The highest BCUT2D eigenvalue weighted by Crippen LogP contribution is 2.36. The molecule has 0 bridgehead atoms. The maximum Gasteiger partial charge on any atom is 0.267 e. The third-order valence-corrected chi connectivity index (χ3v) is 5.59. The molecule has 1 atom stereocenters. The number of benzene rings is 3. The van der Waals surface area contributed by atoms with Gasteiger partial charge in [-0.25, -0.2) is 0 Å². The Labute approximate surface area is 198 Å². The van der Waals surface area contributed by atoms with Gasteiger partial charge < -0.3 is 20.3 Å². The normalized spacial score (nSPS) is 14.7. The lowest BCUT2D eigenvalue weighted by Crippen LogP contribution is -2.45. The molecule has 0 saturated heterocycles. The van der Waals surface area contributed by atoms with Gasteiger partial charge in [0.1, 0.15) is 5.75 Å². The molecule has 2 N–H and O–H groups in total. The summed E-state index contributed by atoms with van der Waals surface area (Å²) in [6.45, 7) is 2.11. The van der Waals surface area contributed by atoms with Crippen molar-refractivity contribution < 1.29 is 19.1 Å². The molecule has 0 aromatic heterocycles. The molecule has 1 unspecified atom stereocenters. The van der Waals surface area contributed by atoms with Crippen LogP contribution in [0.15, 0.2) is 78.9 Å². The first-order valence-electron chi connectivity index (χ1n) is 11.3. The summed E-state index contributed by atoms with van der Waals surface area (Å²) in [5.74, 6) is -0.198. The van der Waals surface area contributed by atoms with E-state index in [0.717, 1.165) is 12.8 Å². The molecule has 3 aromatic carbocycles. The molecule has 0 aliphatic carbocycles. The van der Waals surface area contributed by atoms with Crippen LogP contribution in [0.4, 0.5) is 11.4 Å². The summed E-state index contributed by atoms with van der Waals surface area (Å²) in [4.78, 5) is 39.1. The van der Waals surface area contributed by atoms with E-state index in [2.05, 4.69) is 22.8 Å². The first kappa shape index (κ1) is 23.0. The fourth-order valence-electron chi connectivity index (χ4n) is 3.86. The van der Waals surface area contributed by atoms with Crippen molar-refractivity contribution >= 4 is 29.1 Å². The van der Waals surface area contributed by atoms with Gasteiger partial charge >= 0.3 is 0 Å². The highest BCUT2D eigenvalue weighted by Gasteiger charge is 2.31. The summed E-state index contributed by atoms with van der Waals surface area (Å²) in [6.07, 6.45) is 1.08. The van der Waals surface area contributed by atoms with Gasteiger partial charge in [0, 0.05) is 17.8 Å². The van der Waals surface area contributed by atoms with Crippen LogP contribution < -0.4 is 20.3 Å². The Balaban J connectivity index is 1.40. The van der Waals surface area contributed by atoms with Crippen molar-refractivity contribution in [3.8, 4) is 5.75 Å². The van der Waals surface area contributed by atoms with Crippen LogP contribution in [0.5, 0.6) is 5.75 Å². The van der Waals surface area contributed by atoms with Gasteiger partial charge in [-0.3, -0.25) is 14.4 Å². The van der Waals surface area contributed by atoms with Crippen LogP contribution in [0.25, 0.3) is 0 Å². The van der Waals surface area contributed by atoms with Crippen molar-refractivity contribution in [1.82, 2.24) is 5.32 Å². The van der Waals surface area contributed by atoms with Gasteiger partial charge in [-0.05, 0) is 55.7 Å². The minimum Gasteiger partial charge on any atom is -0.479 e. The molecule has 1 aliphatic rings.